The Bertz CT molecular complexity index is 1920. The highest BCUT2D eigenvalue weighted by atomic mass is 32.2. The number of hydrogen-bond acceptors (Lipinski definition) is 9. The maximum atomic E-state index is 14.6. The van der Waals surface area contributed by atoms with Crippen LogP contribution in [0.15, 0.2) is 36.4 Å². The van der Waals surface area contributed by atoms with E-state index < -0.39 is 67.3 Å². The number of para-hydroxylation sites is 2. The smallest absolute Gasteiger partial charge is 0.408 e. The van der Waals surface area contributed by atoms with Gasteiger partial charge in [-0.05, 0) is 82.8 Å². The summed E-state index contributed by atoms with van der Waals surface area (Å²) in [6, 6.07) is 6.02. The molecule has 2 aromatic rings. The van der Waals surface area contributed by atoms with Gasteiger partial charge >= 0.3 is 6.09 Å². The number of rotatable bonds is 3. The van der Waals surface area contributed by atoms with Crippen LogP contribution in [0.25, 0.3) is 11.0 Å². The molecule has 3 amide bonds. The first-order chi connectivity index (χ1) is 25.3. The van der Waals surface area contributed by atoms with E-state index in [1.165, 1.54) is 4.90 Å². The second-order valence-corrected chi connectivity index (χ2v) is 19.9. The molecular weight excluding hydrogens is 711 g/mol. The van der Waals surface area contributed by atoms with E-state index in [2.05, 4.69) is 16.1 Å². The molecule has 2 spiro atoms. The fraction of sp³-hybridized carbons (Fsp3) is 0.675. The number of amides is 3. The summed E-state index contributed by atoms with van der Waals surface area (Å²) in [5, 5.41) is 2.76. The highest BCUT2D eigenvalue weighted by Gasteiger charge is 2.63. The number of benzene rings is 1. The molecule has 6 rings (SSSR count). The highest BCUT2D eigenvalue weighted by molar-refractivity contribution is 7.91. The topological polar surface area (TPSA) is 166 Å². The van der Waals surface area contributed by atoms with Crippen molar-refractivity contribution >= 4 is 44.7 Å². The van der Waals surface area contributed by atoms with Crippen LogP contribution < -0.4 is 14.8 Å². The van der Waals surface area contributed by atoms with Crippen molar-refractivity contribution in [3.05, 3.63) is 36.4 Å². The lowest BCUT2D eigenvalue weighted by molar-refractivity contribution is -0.142. The molecule has 2 bridgehead atoms. The molecule has 296 valence electrons. The molecular formula is C40H57N5O8S. The minimum absolute atomic E-state index is 0.0319. The average Bonchev–Trinajstić information content (AvgIpc) is 3.94. The molecule has 4 aliphatic rings. The Hall–Kier alpha value is -3.94. The van der Waals surface area contributed by atoms with Gasteiger partial charge in [0.25, 0.3) is 6.01 Å². The number of nitrogens with zero attached hydrogens (tertiary/aromatic N) is 3. The summed E-state index contributed by atoms with van der Waals surface area (Å²) in [4.78, 5) is 62.5. The number of imidazole rings is 1. The molecule has 0 unspecified atom stereocenters. The van der Waals surface area contributed by atoms with Gasteiger partial charge in [-0.1, -0.05) is 64.8 Å². The van der Waals surface area contributed by atoms with E-state index in [1.54, 1.807) is 20.8 Å². The van der Waals surface area contributed by atoms with Crippen molar-refractivity contribution in [1.29, 1.82) is 0 Å². The SMILES string of the molecule is CC[C@@H]1C[C@@]12CC(=O)[C@@H]1C[C@H](CN1C(=O)[C@@H](NC(=O)OC(C)(C)C)C(C)(C)C)Oc1nc3ccccc3n1C/C=C\CCCCC1(CC1)S(=O)(=O)NC2=O. The van der Waals surface area contributed by atoms with Crippen LogP contribution >= 0.6 is 0 Å². The van der Waals surface area contributed by atoms with Crippen molar-refractivity contribution < 1.29 is 37.1 Å². The molecule has 2 saturated carbocycles. The van der Waals surface area contributed by atoms with Gasteiger partial charge in [0.15, 0.2) is 5.78 Å². The number of fused-ring (bicyclic) bond motifs is 5. The number of nitrogens with one attached hydrogen (secondary N) is 2. The number of carbonyl (C=O) groups is 4. The van der Waals surface area contributed by atoms with E-state index in [-0.39, 0.29) is 31.1 Å². The molecule has 0 radical (unpaired) electrons. The number of Topliss-reactive ketones (excluding diaryl/α,β-unsaturated/α-hetero) is 1. The van der Waals surface area contributed by atoms with Crippen molar-refractivity contribution in [3.63, 3.8) is 0 Å². The van der Waals surface area contributed by atoms with E-state index in [0.29, 0.717) is 51.1 Å². The molecule has 3 fully saturated rings. The van der Waals surface area contributed by atoms with Gasteiger partial charge in [-0.15, -0.1) is 0 Å². The van der Waals surface area contributed by atoms with E-state index in [9.17, 15) is 27.6 Å². The molecule has 5 atom stereocenters. The normalized spacial score (nSPS) is 28.4. The van der Waals surface area contributed by atoms with Crippen LogP contribution in [0, 0.1) is 16.7 Å². The Labute approximate surface area is 319 Å². The lowest BCUT2D eigenvalue weighted by Gasteiger charge is -2.36. The van der Waals surface area contributed by atoms with Crippen LogP contribution in [0.3, 0.4) is 0 Å². The lowest BCUT2D eigenvalue weighted by Crippen LogP contribution is -2.57. The monoisotopic (exact) mass is 767 g/mol. The van der Waals surface area contributed by atoms with Gasteiger partial charge in [-0.25, -0.2) is 13.2 Å². The number of carbonyl (C=O) groups excluding carboxylic acids is 4. The van der Waals surface area contributed by atoms with Crippen molar-refractivity contribution in [1.82, 2.24) is 24.5 Å². The fourth-order valence-electron chi connectivity index (χ4n) is 8.19. The number of aromatic nitrogens is 2. The fourth-order valence-corrected chi connectivity index (χ4v) is 9.91. The summed E-state index contributed by atoms with van der Waals surface area (Å²) in [5.74, 6) is -1.64. The van der Waals surface area contributed by atoms with Crippen LogP contribution in [0.2, 0.25) is 0 Å². The highest BCUT2D eigenvalue weighted by Crippen LogP contribution is 2.58. The zero-order chi connectivity index (χ0) is 39.3. The van der Waals surface area contributed by atoms with Crippen LogP contribution in [-0.2, 0) is 35.7 Å². The lowest BCUT2D eigenvalue weighted by atomic mass is 9.85. The maximum Gasteiger partial charge on any atom is 0.408 e. The van der Waals surface area contributed by atoms with E-state index in [4.69, 9.17) is 14.5 Å². The first-order valence-electron chi connectivity index (χ1n) is 19.5. The van der Waals surface area contributed by atoms with Crippen molar-refractivity contribution in [2.45, 2.75) is 148 Å². The van der Waals surface area contributed by atoms with Crippen LogP contribution in [-0.4, -0.2) is 81.6 Å². The van der Waals surface area contributed by atoms with Gasteiger partial charge in [-0.2, -0.15) is 4.98 Å². The average molecular weight is 768 g/mol. The molecule has 14 heteroatoms. The Morgan fingerprint density at radius 3 is 2.44 bits per heavy atom. The summed E-state index contributed by atoms with van der Waals surface area (Å²) < 4.78 is 43.0. The molecule has 1 aromatic heterocycles. The number of hydrogen-bond donors (Lipinski definition) is 2. The molecule has 3 heterocycles. The van der Waals surface area contributed by atoms with Crippen molar-refractivity contribution in [3.8, 4) is 6.01 Å². The number of sulfonamides is 1. The summed E-state index contributed by atoms with van der Waals surface area (Å²) in [5.41, 5.74) is -1.15. The van der Waals surface area contributed by atoms with Gasteiger partial charge in [-0.3, -0.25) is 23.7 Å². The molecule has 2 N–H and O–H groups in total. The van der Waals surface area contributed by atoms with Crippen LogP contribution in [0.5, 0.6) is 6.01 Å². The zero-order valence-electron chi connectivity index (χ0n) is 32.8. The summed E-state index contributed by atoms with van der Waals surface area (Å²) in [6.45, 7) is 13.1. The molecule has 1 aromatic carbocycles. The van der Waals surface area contributed by atoms with Crippen molar-refractivity contribution in [2.75, 3.05) is 6.54 Å². The summed E-state index contributed by atoms with van der Waals surface area (Å²) in [7, 11) is -3.98. The number of ether oxygens (including phenoxy) is 2. The maximum absolute atomic E-state index is 14.6. The second-order valence-electron chi connectivity index (χ2n) is 17.9. The van der Waals surface area contributed by atoms with Crippen LogP contribution in [0.1, 0.15) is 113 Å². The minimum atomic E-state index is -3.98. The van der Waals surface area contributed by atoms with Gasteiger partial charge in [0, 0.05) is 19.4 Å². The van der Waals surface area contributed by atoms with E-state index in [0.717, 1.165) is 23.9 Å². The third kappa shape index (κ3) is 8.18. The third-order valence-electron chi connectivity index (χ3n) is 11.6. The second kappa shape index (κ2) is 14.6. The zero-order valence-corrected chi connectivity index (χ0v) is 33.6. The van der Waals surface area contributed by atoms with Crippen LogP contribution in [0.4, 0.5) is 4.79 Å². The molecule has 54 heavy (non-hydrogen) atoms. The molecule has 1 saturated heterocycles. The van der Waals surface area contributed by atoms with E-state index in [1.807, 2.05) is 62.6 Å². The van der Waals surface area contributed by atoms with E-state index >= 15 is 0 Å². The Morgan fingerprint density at radius 2 is 1.80 bits per heavy atom. The van der Waals surface area contributed by atoms with Gasteiger partial charge in [0.05, 0.1) is 33.8 Å². The number of alkyl carbamates (subject to hydrolysis) is 1. The third-order valence-corrected chi connectivity index (χ3v) is 13.8. The number of allylic oxidation sites excluding steroid dienone is 2. The predicted octanol–water partition coefficient (Wildman–Crippen LogP) is 5.81. The first-order valence-corrected chi connectivity index (χ1v) is 20.9. The molecule has 13 nitrogen and oxygen atoms in total. The Morgan fingerprint density at radius 1 is 1.07 bits per heavy atom. The number of ketones is 1. The summed E-state index contributed by atoms with van der Waals surface area (Å²) in [6.07, 6.45) is 7.33. The largest absolute Gasteiger partial charge is 0.459 e. The minimum Gasteiger partial charge on any atom is -0.459 e. The van der Waals surface area contributed by atoms with Crippen molar-refractivity contribution in [2.24, 2.45) is 16.7 Å². The quantitative estimate of drug-likeness (QED) is 0.367. The van der Waals surface area contributed by atoms with Gasteiger partial charge in [0.1, 0.15) is 17.7 Å². The van der Waals surface area contributed by atoms with Gasteiger partial charge in [0.2, 0.25) is 21.8 Å². The Balaban J connectivity index is 1.37. The molecule has 2 aliphatic heterocycles. The summed E-state index contributed by atoms with van der Waals surface area (Å²) >= 11 is 0. The van der Waals surface area contributed by atoms with Gasteiger partial charge < -0.3 is 19.7 Å². The predicted molar refractivity (Wildman–Crippen MR) is 204 cm³/mol. The number of likely N-dealkylation sites (tertiary alicyclic amines) is 1. The first kappa shape index (κ1) is 39.7. The Kier molecular flexibility index (Phi) is 10.8. The standard InChI is InChI=1S/C40H57N5O8S/c1-8-26-23-40(26)24-31(46)30-22-27(25-45(30)33(47)32(37(2,3)4)42-36(49)53-38(5,6)7)52-35-41-28-16-12-13-17-29(28)44(35)21-15-11-9-10-14-18-39(19-20-39)54(50,51)43-34(40)48/h11-13,15-17,26-27,30,32H,8-10,14,18-25H2,1-7H3,(H,42,49)(H,43,48)/b15-11-/t26-,27-,30+,32-,40-/m1/s1. The molecule has 2 aliphatic carbocycles.